The third-order valence-electron chi connectivity index (χ3n) is 7.21. The van der Waals surface area contributed by atoms with Crippen molar-refractivity contribution in [3.05, 3.63) is 64.8 Å². The number of nitrogens with one attached hydrogen (secondary N) is 2. The van der Waals surface area contributed by atoms with Gasteiger partial charge in [-0.3, -0.25) is 10.1 Å². The van der Waals surface area contributed by atoms with E-state index in [9.17, 15) is 4.79 Å². The largest absolute Gasteiger partial charge is 0.368 e. The van der Waals surface area contributed by atoms with Gasteiger partial charge in [-0.2, -0.15) is 0 Å². The van der Waals surface area contributed by atoms with Gasteiger partial charge >= 0.3 is 0 Å². The van der Waals surface area contributed by atoms with Gasteiger partial charge in [-0.1, -0.05) is 49.6 Å². The molecule has 2 atom stereocenters. The molecule has 6 rings (SSSR count). The Bertz CT molecular complexity index is 1250. The van der Waals surface area contributed by atoms with E-state index in [1.54, 1.807) is 11.3 Å². The Balaban J connectivity index is 1.67. The summed E-state index contributed by atoms with van der Waals surface area (Å²) in [7, 11) is 0. The highest BCUT2D eigenvalue weighted by Crippen LogP contribution is 2.50. The summed E-state index contributed by atoms with van der Waals surface area (Å²) in [6.45, 7) is 0. The molecule has 1 amide bonds. The Labute approximate surface area is 185 Å². The lowest BCUT2D eigenvalue weighted by molar-refractivity contribution is -0.121. The second-order valence-corrected chi connectivity index (χ2v) is 9.99. The quantitative estimate of drug-likeness (QED) is 0.444. The number of primary amides is 1. The Morgan fingerprint density at radius 3 is 2.65 bits per heavy atom. The number of thiazole rings is 1. The summed E-state index contributed by atoms with van der Waals surface area (Å²) in [5.74, 6) is 0.0630. The number of nitrogens with zero attached hydrogens (tertiary/aromatic N) is 1. The predicted octanol–water partition coefficient (Wildman–Crippen LogP) is 4.60. The van der Waals surface area contributed by atoms with Crippen LogP contribution in [0, 0.1) is 5.92 Å². The number of hydrogen-bond acceptors (Lipinski definition) is 4. The van der Waals surface area contributed by atoms with Crippen LogP contribution in [0.2, 0.25) is 0 Å². The van der Waals surface area contributed by atoms with E-state index in [1.165, 1.54) is 40.6 Å². The number of amides is 1. The van der Waals surface area contributed by atoms with Gasteiger partial charge in [-0.05, 0) is 48.9 Å². The summed E-state index contributed by atoms with van der Waals surface area (Å²) in [5.41, 5.74) is 9.89. The lowest BCUT2D eigenvalue weighted by atomic mass is 9.69. The summed E-state index contributed by atoms with van der Waals surface area (Å²) in [6.07, 6.45) is 6.51. The monoisotopic (exact) mass is 430 g/mol. The van der Waals surface area contributed by atoms with Gasteiger partial charge in [0.2, 0.25) is 5.91 Å². The second kappa shape index (κ2) is 7.18. The normalized spacial score (nSPS) is 24.5. The number of aromatic amines is 1. The van der Waals surface area contributed by atoms with Gasteiger partial charge in [-0.15, -0.1) is 11.3 Å². The first kappa shape index (κ1) is 19.0. The van der Waals surface area contributed by atoms with E-state index in [0.29, 0.717) is 12.3 Å². The van der Waals surface area contributed by atoms with E-state index in [2.05, 4.69) is 52.8 Å². The summed E-state index contributed by atoms with van der Waals surface area (Å²) in [5, 5.41) is 6.00. The van der Waals surface area contributed by atoms with Crippen molar-refractivity contribution in [1.82, 2.24) is 15.3 Å². The molecule has 0 bridgehead atoms. The maximum absolute atomic E-state index is 12.5. The van der Waals surface area contributed by atoms with E-state index in [1.807, 2.05) is 6.07 Å². The molecule has 0 radical (unpaired) electrons. The van der Waals surface area contributed by atoms with Crippen LogP contribution in [0.1, 0.15) is 48.4 Å². The average Bonchev–Trinajstić information content (AvgIpc) is 3.41. The fourth-order valence-electron chi connectivity index (χ4n) is 5.76. The van der Waals surface area contributed by atoms with E-state index < -0.39 is 11.6 Å². The van der Waals surface area contributed by atoms with Crippen molar-refractivity contribution in [3.8, 4) is 0 Å². The standard InChI is InChI=1S/C25H26N4OS/c26-23(30)20-14-17-16-10-4-5-11-18(16)27-22(17)25(29-20,15-8-2-1-3-9-15)24-28-19-12-6-7-13-21(19)31-24/h4-7,10-13,15,20,27,29H,1-3,8-9,14H2,(H2,26,30)/t20-,25+/m1/s1. The molecule has 1 fully saturated rings. The SMILES string of the molecule is NC(=O)[C@H]1Cc2c([nH]c3ccccc23)[C@](c2nc3ccccc3s2)(C2CCCCC2)N1. The van der Waals surface area contributed by atoms with E-state index in [4.69, 9.17) is 10.7 Å². The van der Waals surface area contributed by atoms with Crippen molar-refractivity contribution >= 4 is 38.4 Å². The topological polar surface area (TPSA) is 83.8 Å². The molecular formula is C25H26N4OS. The molecule has 6 heteroatoms. The predicted molar refractivity (Wildman–Crippen MR) is 125 cm³/mol. The van der Waals surface area contributed by atoms with E-state index >= 15 is 0 Å². The average molecular weight is 431 g/mol. The molecule has 5 nitrogen and oxygen atoms in total. The molecule has 1 aliphatic heterocycles. The van der Waals surface area contributed by atoms with Crippen LogP contribution in [0.25, 0.3) is 21.1 Å². The molecule has 4 N–H and O–H groups in total. The van der Waals surface area contributed by atoms with Crippen LogP contribution >= 0.6 is 11.3 Å². The number of carbonyl (C=O) groups is 1. The first-order valence-electron chi connectivity index (χ1n) is 11.2. The van der Waals surface area contributed by atoms with Gasteiger partial charge in [0.1, 0.15) is 10.5 Å². The third-order valence-corrected chi connectivity index (χ3v) is 8.38. The number of carbonyl (C=O) groups excluding carboxylic acids is 1. The van der Waals surface area contributed by atoms with Crippen LogP contribution in [0.4, 0.5) is 0 Å². The van der Waals surface area contributed by atoms with Gasteiger partial charge in [0, 0.05) is 16.6 Å². The number of para-hydroxylation sites is 2. The maximum Gasteiger partial charge on any atom is 0.234 e. The van der Waals surface area contributed by atoms with Gasteiger partial charge < -0.3 is 10.7 Å². The van der Waals surface area contributed by atoms with Crippen LogP contribution < -0.4 is 11.1 Å². The van der Waals surface area contributed by atoms with Crippen LogP contribution in [-0.4, -0.2) is 21.9 Å². The van der Waals surface area contributed by atoms with E-state index in [0.717, 1.165) is 28.9 Å². The molecule has 2 aromatic carbocycles. The molecule has 158 valence electrons. The number of fused-ring (bicyclic) bond motifs is 4. The molecular weight excluding hydrogens is 404 g/mol. The molecule has 2 aliphatic rings. The molecule has 0 unspecified atom stereocenters. The third kappa shape index (κ3) is 2.85. The molecule has 0 saturated heterocycles. The molecule has 31 heavy (non-hydrogen) atoms. The van der Waals surface area contributed by atoms with Crippen LogP contribution in [0.5, 0.6) is 0 Å². The molecule has 4 aromatic rings. The second-order valence-electron chi connectivity index (χ2n) is 8.96. The van der Waals surface area contributed by atoms with Gasteiger partial charge in [0.15, 0.2) is 0 Å². The zero-order valence-electron chi connectivity index (χ0n) is 17.4. The Hall–Kier alpha value is -2.70. The molecule has 1 aliphatic carbocycles. The van der Waals surface area contributed by atoms with E-state index in [-0.39, 0.29) is 5.91 Å². The van der Waals surface area contributed by atoms with Crippen LogP contribution in [-0.2, 0) is 16.8 Å². The first-order valence-corrected chi connectivity index (χ1v) is 12.0. The number of nitrogens with two attached hydrogens (primary N) is 1. The Kier molecular flexibility index (Phi) is 4.40. The highest BCUT2D eigenvalue weighted by molar-refractivity contribution is 7.18. The zero-order valence-corrected chi connectivity index (χ0v) is 18.2. The fraction of sp³-hybridized carbons (Fsp3) is 0.360. The highest BCUT2D eigenvalue weighted by atomic mass is 32.1. The smallest absolute Gasteiger partial charge is 0.234 e. The first-order chi connectivity index (χ1) is 15.2. The number of H-pyrrole nitrogens is 1. The molecule has 0 spiro atoms. The molecule has 2 aromatic heterocycles. The summed E-state index contributed by atoms with van der Waals surface area (Å²) in [4.78, 5) is 21.4. The molecule has 1 saturated carbocycles. The van der Waals surface area contributed by atoms with Gasteiger partial charge in [-0.25, -0.2) is 4.98 Å². The minimum Gasteiger partial charge on any atom is -0.368 e. The maximum atomic E-state index is 12.5. The van der Waals surface area contributed by atoms with Crippen molar-refractivity contribution in [1.29, 1.82) is 0 Å². The Morgan fingerprint density at radius 2 is 1.84 bits per heavy atom. The Morgan fingerprint density at radius 1 is 1.06 bits per heavy atom. The van der Waals surface area contributed by atoms with Crippen molar-refractivity contribution in [2.24, 2.45) is 11.7 Å². The van der Waals surface area contributed by atoms with Crippen molar-refractivity contribution in [2.75, 3.05) is 0 Å². The summed E-state index contributed by atoms with van der Waals surface area (Å²) >= 11 is 1.74. The summed E-state index contributed by atoms with van der Waals surface area (Å²) in [6, 6.07) is 16.3. The van der Waals surface area contributed by atoms with Crippen LogP contribution in [0.3, 0.4) is 0 Å². The number of aromatic nitrogens is 2. The van der Waals surface area contributed by atoms with Crippen LogP contribution in [0.15, 0.2) is 48.5 Å². The van der Waals surface area contributed by atoms with Gasteiger partial charge in [0.05, 0.1) is 16.3 Å². The van der Waals surface area contributed by atoms with Crippen molar-refractivity contribution in [2.45, 2.75) is 50.1 Å². The lowest BCUT2D eigenvalue weighted by Crippen LogP contribution is -2.61. The summed E-state index contributed by atoms with van der Waals surface area (Å²) < 4.78 is 1.17. The minimum absolute atomic E-state index is 0.294. The molecule has 3 heterocycles. The van der Waals surface area contributed by atoms with Crippen molar-refractivity contribution in [3.63, 3.8) is 0 Å². The van der Waals surface area contributed by atoms with Crippen molar-refractivity contribution < 1.29 is 4.79 Å². The fourth-order valence-corrected chi connectivity index (χ4v) is 6.97. The number of benzene rings is 2. The highest BCUT2D eigenvalue weighted by Gasteiger charge is 2.51. The minimum atomic E-state index is -0.531. The number of rotatable bonds is 3. The zero-order chi connectivity index (χ0) is 21.0. The lowest BCUT2D eigenvalue weighted by Gasteiger charge is -2.46. The van der Waals surface area contributed by atoms with Gasteiger partial charge in [0.25, 0.3) is 0 Å². The number of hydrogen-bond donors (Lipinski definition) is 3.